The molecule has 3 rings (SSSR count). The number of nitrogens with one attached hydrogen (secondary N) is 1. The molecule has 2 aliphatic heterocycles. The van der Waals surface area contributed by atoms with Gasteiger partial charge >= 0.3 is 6.29 Å². The summed E-state index contributed by atoms with van der Waals surface area (Å²) in [5, 5.41) is 3.21. The molecule has 0 amide bonds. The van der Waals surface area contributed by atoms with Crippen LogP contribution in [0, 0.1) is 0 Å². The van der Waals surface area contributed by atoms with Crippen LogP contribution in [0.2, 0.25) is 0 Å². The van der Waals surface area contributed by atoms with Crippen molar-refractivity contribution in [3.63, 3.8) is 0 Å². The molecule has 0 spiro atoms. The van der Waals surface area contributed by atoms with Crippen LogP contribution in [0.25, 0.3) is 0 Å². The van der Waals surface area contributed by atoms with Crippen molar-refractivity contribution in [1.29, 1.82) is 0 Å². The number of rotatable bonds is 1. The minimum absolute atomic E-state index is 0. The Morgan fingerprint density at radius 2 is 1.95 bits per heavy atom. The number of hydrogen-bond donors (Lipinski definition) is 1. The predicted molar refractivity (Wildman–Crippen MR) is 66.3 cm³/mol. The van der Waals surface area contributed by atoms with Gasteiger partial charge in [-0.3, -0.25) is 0 Å². The molecule has 0 saturated heterocycles. The highest BCUT2D eigenvalue weighted by molar-refractivity contribution is 5.85. The molecule has 0 unspecified atom stereocenters. The predicted octanol–water partition coefficient (Wildman–Crippen LogP) is 2.69. The summed E-state index contributed by atoms with van der Waals surface area (Å²) in [5.41, 5.74) is 0.797. The Labute approximate surface area is 115 Å². The first-order chi connectivity index (χ1) is 8.57. The second-order valence-electron chi connectivity index (χ2n) is 4.35. The average Bonchev–Trinajstić information content (AvgIpc) is 2.48. The van der Waals surface area contributed by atoms with Gasteiger partial charge in [-0.15, -0.1) is 21.2 Å². The Balaban J connectivity index is 0.00000133. The van der Waals surface area contributed by atoms with E-state index in [0.29, 0.717) is 12.3 Å². The molecular weight excluding hydrogens is 280 g/mol. The van der Waals surface area contributed by atoms with Gasteiger partial charge in [0.05, 0.1) is 0 Å². The lowest BCUT2D eigenvalue weighted by molar-refractivity contribution is -0.286. The Hall–Kier alpha value is -1.27. The highest BCUT2D eigenvalue weighted by Gasteiger charge is 2.44. The maximum absolute atomic E-state index is 12.9. The number of halogens is 3. The highest BCUT2D eigenvalue weighted by Crippen LogP contribution is 2.45. The third-order valence-electron chi connectivity index (χ3n) is 3.02. The molecule has 1 aromatic carbocycles. The molecule has 0 aromatic heterocycles. The lowest BCUT2D eigenvalue weighted by Crippen LogP contribution is -2.27. The Kier molecular flexibility index (Phi) is 3.73. The molecule has 2 heterocycles. The lowest BCUT2D eigenvalue weighted by atomic mass is 10.2. The summed E-state index contributed by atoms with van der Waals surface area (Å²) in [4.78, 5) is 0. The number of benzene rings is 1. The van der Waals surface area contributed by atoms with Crippen LogP contribution in [-0.2, 0) is 6.54 Å². The molecule has 1 N–H and O–H groups in total. The van der Waals surface area contributed by atoms with Crippen molar-refractivity contribution in [2.24, 2.45) is 0 Å². The van der Waals surface area contributed by atoms with E-state index in [2.05, 4.69) is 14.8 Å². The van der Waals surface area contributed by atoms with E-state index < -0.39 is 6.29 Å². The first-order valence-corrected chi connectivity index (χ1v) is 5.87. The van der Waals surface area contributed by atoms with Gasteiger partial charge in [0.15, 0.2) is 11.5 Å². The second kappa shape index (κ2) is 5.02. The fraction of sp³-hybridized carbons (Fsp3) is 0.500. The van der Waals surface area contributed by atoms with Gasteiger partial charge < -0.3 is 19.5 Å². The van der Waals surface area contributed by atoms with Crippen molar-refractivity contribution in [3.05, 3.63) is 17.7 Å². The summed E-state index contributed by atoms with van der Waals surface area (Å²) >= 11 is 0. The van der Waals surface area contributed by atoms with Crippen LogP contribution in [0.5, 0.6) is 17.2 Å². The fourth-order valence-electron chi connectivity index (χ4n) is 2.08. The van der Waals surface area contributed by atoms with E-state index in [-0.39, 0.29) is 30.0 Å². The van der Waals surface area contributed by atoms with Crippen molar-refractivity contribution in [2.75, 3.05) is 6.54 Å². The molecule has 19 heavy (non-hydrogen) atoms. The van der Waals surface area contributed by atoms with E-state index in [1.54, 1.807) is 0 Å². The third-order valence-corrected chi connectivity index (χ3v) is 3.02. The largest absolute Gasteiger partial charge is 0.586 e. The number of hydrogen-bond acceptors (Lipinski definition) is 4. The first kappa shape index (κ1) is 14.1. The minimum Gasteiger partial charge on any atom is -0.489 e. The maximum Gasteiger partial charge on any atom is 0.586 e. The van der Waals surface area contributed by atoms with Crippen molar-refractivity contribution >= 4 is 12.4 Å². The van der Waals surface area contributed by atoms with Gasteiger partial charge in [0.25, 0.3) is 0 Å². The molecule has 106 valence electrons. The van der Waals surface area contributed by atoms with Gasteiger partial charge in [-0.2, -0.15) is 0 Å². The van der Waals surface area contributed by atoms with E-state index >= 15 is 0 Å². The summed E-state index contributed by atoms with van der Waals surface area (Å²) in [6.45, 7) is 3.31. The molecule has 7 heteroatoms. The number of fused-ring (bicyclic) bond motifs is 2. The molecule has 4 nitrogen and oxygen atoms in total. The van der Waals surface area contributed by atoms with E-state index in [1.807, 2.05) is 6.92 Å². The zero-order valence-corrected chi connectivity index (χ0v) is 11.1. The van der Waals surface area contributed by atoms with Gasteiger partial charge in [0.1, 0.15) is 11.9 Å². The van der Waals surface area contributed by atoms with Crippen LogP contribution in [0.1, 0.15) is 18.9 Å². The van der Waals surface area contributed by atoms with Gasteiger partial charge in [-0.25, -0.2) is 0 Å². The monoisotopic (exact) mass is 293 g/mol. The molecule has 0 aliphatic carbocycles. The third kappa shape index (κ3) is 2.69. The van der Waals surface area contributed by atoms with E-state index in [4.69, 9.17) is 4.74 Å². The van der Waals surface area contributed by atoms with Crippen LogP contribution in [-0.4, -0.2) is 18.9 Å². The van der Waals surface area contributed by atoms with Crippen LogP contribution < -0.4 is 19.5 Å². The van der Waals surface area contributed by atoms with Crippen LogP contribution >= 0.6 is 12.4 Å². The lowest BCUT2D eigenvalue weighted by Gasteiger charge is -2.15. The maximum atomic E-state index is 12.9. The molecule has 0 bridgehead atoms. The smallest absolute Gasteiger partial charge is 0.489 e. The van der Waals surface area contributed by atoms with E-state index in [9.17, 15) is 8.78 Å². The average molecular weight is 294 g/mol. The van der Waals surface area contributed by atoms with E-state index in [1.165, 1.54) is 12.1 Å². The molecule has 0 saturated carbocycles. The standard InChI is InChI=1S/C12H13F2NO3.ClH/c1-2-8-6-15-5-7-3-10-11(4-9(7)16-8)18-12(13,14)17-10;/h3-4,8,15H,2,5-6H2,1H3;1H/t8-;/m1./s1. The minimum atomic E-state index is -3.58. The highest BCUT2D eigenvalue weighted by atomic mass is 35.5. The van der Waals surface area contributed by atoms with Gasteiger partial charge in [-0.1, -0.05) is 6.92 Å². The molecule has 0 radical (unpaired) electrons. The van der Waals surface area contributed by atoms with Crippen molar-refractivity contribution < 1.29 is 23.0 Å². The van der Waals surface area contributed by atoms with Crippen LogP contribution in [0.3, 0.4) is 0 Å². The molecule has 1 atom stereocenters. The summed E-state index contributed by atoms with van der Waals surface area (Å²) < 4.78 is 40.5. The van der Waals surface area contributed by atoms with Crippen LogP contribution in [0.4, 0.5) is 8.78 Å². The van der Waals surface area contributed by atoms with Crippen LogP contribution in [0.15, 0.2) is 12.1 Å². The molecule has 1 aromatic rings. The van der Waals surface area contributed by atoms with E-state index in [0.717, 1.165) is 18.5 Å². The summed E-state index contributed by atoms with van der Waals surface area (Å²) in [7, 11) is 0. The SMILES string of the molecule is CC[C@@H]1CNCc2cc3c(cc2O1)OC(F)(F)O3.Cl. The number of ether oxygens (including phenoxy) is 3. The molecule has 0 fully saturated rings. The van der Waals surface area contributed by atoms with Gasteiger partial charge in [0.2, 0.25) is 0 Å². The Morgan fingerprint density at radius 1 is 1.26 bits per heavy atom. The first-order valence-electron chi connectivity index (χ1n) is 5.87. The molecule has 2 aliphatic rings. The zero-order valence-electron chi connectivity index (χ0n) is 10.2. The molecular formula is C12H14ClF2NO3. The fourth-order valence-corrected chi connectivity index (χ4v) is 2.08. The zero-order chi connectivity index (χ0) is 12.8. The van der Waals surface area contributed by atoms with Gasteiger partial charge in [0, 0.05) is 24.7 Å². The van der Waals surface area contributed by atoms with Crippen molar-refractivity contribution in [3.8, 4) is 17.2 Å². The normalized spacial score (nSPS) is 22.8. The van der Waals surface area contributed by atoms with Crippen molar-refractivity contribution in [1.82, 2.24) is 5.32 Å². The number of alkyl halides is 2. The summed E-state index contributed by atoms with van der Waals surface area (Å²) in [6, 6.07) is 3.01. The Morgan fingerprint density at radius 3 is 2.63 bits per heavy atom. The Bertz CT molecular complexity index is 484. The van der Waals surface area contributed by atoms with Crippen molar-refractivity contribution in [2.45, 2.75) is 32.3 Å². The summed E-state index contributed by atoms with van der Waals surface area (Å²) in [6.07, 6.45) is -2.70. The summed E-state index contributed by atoms with van der Waals surface area (Å²) in [5.74, 6) is 0.654. The quantitative estimate of drug-likeness (QED) is 0.864. The topological polar surface area (TPSA) is 39.7 Å². The van der Waals surface area contributed by atoms with Gasteiger partial charge in [-0.05, 0) is 12.5 Å². The second-order valence-corrected chi connectivity index (χ2v) is 4.35.